The summed E-state index contributed by atoms with van der Waals surface area (Å²) in [5.74, 6) is -3.09. The van der Waals surface area contributed by atoms with Crippen LogP contribution in [0.4, 0.5) is 14.5 Å². The monoisotopic (exact) mass is 392 g/mol. The highest BCUT2D eigenvalue weighted by Gasteiger charge is 2.19. The van der Waals surface area contributed by atoms with Crippen molar-refractivity contribution in [1.82, 2.24) is 4.90 Å². The predicted molar refractivity (Wildman–Crippen MR) is 104 cm³/mol. The molecule has 0 aromatic heterocycles. The SMILES string of the molecule is CCCN(CC(=O)Nc1ccccc1C)C(=O)c1ccc(SC(F)F)cc1. The molecule has 0 saturated heterocycles. The number of carbonyl (C=O) groups is 2. The third kappa shape index (κ3) is 6.36. The molecule has 0 aliphatic rings. The van der Waals surface area contributed by atoms with Crippen LogP contribution in [-0.2, 0) is 4.79 Å². The number of hydrogen-bond acceptors (Lipinski definition) is 3. The van der Waals surface area contributed by atoms with Gasteiger partial charge in [0.1, 0.15) is 6.54 Å². The number of para-hydroxylation sites is 1. The van der Waals surface area contributed by atoms with Gasteiger partial charge >= 0.3 is 0 Å². The van der Waals surface area contributed by atoms with Crippen molar-refractivity contribution in [2.45, 2.75) is 30.9 Å². The van der Waals surface area contributed by atoms with Crippen LogP contribution in [0.2, 0.25) is 0 Å². The van der Waals surface area contributed by atoms with Crippen molar-refractivity contribution in [3.05, 3.63) is 59.7 Å². The number of halogens is 2. The first-order valence-corrected chi connectivity index (χ1v) is 9.48. The Labute approximate surface area is 161 Å². The van der Waals surface area contributed by atoms with E-state index in [1.165, 1.54) is 29.2 Å². The van der Waals surface area contributed by atoms with Crippen LogP contribution in [0.3, 0.4) is 0 Å². The van der Waals surface area contributed by atoms with Gasteiger partial charge in [-0.15, -0.1) is 0 Å². The second-order valence-electron chi connectivity index (χ2n) is 5.99. The maximum atomic E-state index is 12.7. The van der Waals surface area contributed by atoms with Crippen molar-refractivity contribution in [1.29, 1.82) is 0 Å². The van der Waals surface area contributed by atoms with E-state index in [1.807, 2.05) is 32.0 Å². The molecule has 2 rings (SSSR count). The Morgan fingerprint density at radius 3 is 2.37 bits per heavy atom. The van der Waals surface area contributed by atoms with E-state index in [-0.39, 0.29) is 18.4 Å². The topological polar surface area (TPSA) is 49.4 Å². The van der Waals surface area contributed by atoms with E-state index in [9.17, 15) is 18.4 Å². The molecule has 2 aromatic carbocycles. The van der Waals surface area contributed by atoms with Gasteiger partial charge in [0.25, 0.3) is 11.7 Å². The van der Waals surface area contributed by atoms with E-state index in [2.05, 4.69) is 5.32 Å². The predicted octanol–water partition coefficient (Wildman–Crippen LogP) is 4.80. The molecule has 0 aliphatic carbocycles. The Hall–Kier alpha value is -2.41. The van der Waals surface area contributed by atoms with Gasteiger partial charge in [0.05, 0.1) is 0 Å². The van der Waals surface area contributed by atoms with E-state index in [0.717, 1.165) is 5.56 Å². The summed E-state index contributed by atoms with van der Waals surface area (Å²) in [5.41, 5.74) is 2.01. The highest BCUT2D eigenvalue weighted by Crippen LogP contribution is 2.25. The minimum Gasteiger partial charge on any atom is -0.329 e. The molecule has 0 unspecified atom stereocenters. The minimum atomic E-state index is -2.51. The van der Waals surface area contributed by atoms with Gasteiger partial charge < -0.3 is 10.2 Å². The molecule has 7 heteroatoms. The minimum absolute atomic E-state index is 0.0749. The normalized spacial score (nSPS) is 10.7. The van der Waals surface area contributed by atoms with Gasteiger partial charge in [-0.05, 0) is 49.2 Å². The van der Waals surface area contributed by atoms with Crippen LogP contribution in [0.15, 0.2) is 53.4 Å². The first-order chi connectivity index (χ1) is 12.9. The Kier molecular flexibility index (Phi) is 7.79. The van der Waals surface area contributed by atoms with Crippen molar-refractivity contribution in [2.75, 3.05) is 18.4 Å². The molecule has 1 N–H and O–H groups in total. The highest BCUT2D eigenvalue weighted by molar-refractivity contribution is 7.99. The maximum absolute atomic E-state index is 12.7. The molecule has 0 bridgehead atoms. The number of anilines is 1. The average Bonchev–Trinajstić information content (AvgIpc) is 2.63. The summed E-state index contributed by atoms with van der Waals surface area (Å²) in [5, 5.41) is 2.82. The lowest BCUT2D eigenvalue weighted by atomic mass is 10.2. The molecule has 0 atom stereocenters. The molecule has 0 aliphatic heterocycles. The molecule has 0 saturated carbocycles. The van der Waals surface area contributed by atoms with Crippen molar-refractivity contribution >= 4 is 29.3 Å². The van der Waals surface area contributed by atoms with Gasteiger partial charge in [-0.3, -0.25) is 9.59 Å². The number of amides is 2. The number of rotatable bonds is 8. The molecule has 4 nitrogen and oxygen atoms in total. The van der Waals surface area contributed by atoms with Crippen LogP contribution in [0.25, 0.3) is 0 Å². The van der Waals surface area contributed by atoms with Crippen LogP contribution in [0.5, 0.6) is 0 Å². The smallest absolute Gasteiger partial charge is 0.288 e. The first kappa shape index (κ1) is 20.9. The lowest BCUT2D eigenvalue weighted by Crippen LogP contribution is -2.38. The summed E-state index contributed by atoms with van der Waals surface area (Å²) >= 11 is 0.428. The van der Waals surface area contributed by atoms with E-state index in [0.29, 0.717) is 40.9 Å². The molecule has 0 radical (unpaired) electrons. The fourth-order valence-electron chi connectivity index (χ4n) is 2.56. The number of hydrogen-bond donors (Lipinski definition) is 1. The number of nitrogens with zero attached hydrogens (tertiary/aromatic N) is 1. The summed E-state index contributed by atoms with van der Waals surface area (Å²) in [6.45, 7) is 4.16. The zero-order valence-electron chi connectivity index (χ0n) is 15.2. The van der Waals surface area contributed by atoms with Crippen LogP contribution in [0.1, 0.15) is 29.3 Å². The van der Waals surface area contributed by atoms with Crippen molar-refractivity contribution in [2.24, 2.45) is 0 Å². The quantitative estimate of drug-likeness (QED) is 0.657. The number of thioether (sulfide) groups is 1. The largest absolute Gasteiger partial charge is 0.329 e. The second-order valence-corrected chi connectivity index (χ2v) is 7.06. The molecule has 0 heterocycles. The Morgan fingerprint density at radius 1 is 1.11 bits per heavy atom. The highest BCUT2D eigenvalue weighted by atomic mass is 32.2. The van der Waals surface area contributed by atoms with Crippen LogP contribution in [-0.4, -0.2) is 35.6 Å². The number of alkyl halides is 2. The fraction of sp³-hybridized carbons (Fsp3) is 0.300. The van der Waals surface area contributed by atoms with Gasteiger partial charge in [0, 0.05) is 22.7 Å². The summed E-state index contributed by atoms with van der Waals surface area (Å²) < 4.78 is 24.8. The van der Waals surface area contributed by atoms with Crippen LogP contribution >= 0.6 is 11.8 Å². The molecule has 144 valence electrons. The number of nitrogens with one attached hydrogen (secondary N) is 1. The molecule has 2 aromatic rings. The molecule has 0 spiro atoms. The molecule has 27 heavy (non-hydrogen) atoms. The summed E-state index contributed by atoms with van der Waals surface area (Å²) in [6.07, 6.45) is 0.697. The number of aryl methyl sites for hydroxylation is 1. The third-order valence-corrected chi connectivity index (χ3v) is 4.58. The molecule has 0 fully saturated rings. The summed E-state index contributed by atoms with van der Waals surface area (Å²) in [6, 6.07) is 13.4. The number of benzene rings is 2. The maximum Gasteiger partial charge on any atom is 0.288 e. The lowest BCUT2D eigenvalue weighted by Gasteiger charge is -2.22. The van der Waals surface area contributed by atoms with Gasteiger partial charge in [0.2, 0.25) is 5.91 Å². The van der Waals surface area contributed by atoms with Gasteiger partial charge in [-0.25, -0.2) is 0 Å². The third-order valence-electron chi connectivity index (χ3n) is 3.86. The summed E-state index contributed by atoms with van der Waals surface area (Å²) in [4.78, 5) is 26.9. The van der Waals surface area contributed by atoms with Crippen LogP contribution < -0.4 is 5.32 Å². The zero-order chi connectivity index (χ0) is 19.8. The van der Waals surface area contributed by atoms with E-state index < -0.39 is 5.76 Å². The summed E-state index contributed by atoms with van der Waals surface area (Å²) in [7, 11) is 0. The van der Waals surface area contributed by atoms with Gasteiger partial charge in [-0.1, -0.05) is 36.9 Å². The van der Waals surface area contributed by atoms with E-state index in [4.69, 9.17) is 0 Å². The van der Waals surface area contributed by atoms with Crippen molar-refractivity contribution < 1.29 is 18.4 Å². The second kappa shape index (κ2) is 10.1. The van der Waals surface area contributed by atoms with Crippen molar-refractivity contribution in [3.8, 4) is 0 Å². The van der Waals surface area contributed by atoms with Crippen LogP contribution in [0, 0.1) is 6.92 Å². The lowest BCUT2D eigenvalue weighted by molar-refractivity contribution is -0.116. The van der Waals surface area contributed by atoms with E-state index in [1.54, 1.807) is 6.07 Å². The molecular formula is C20H22F2N2O2S. The average molecular weight is 392 g/mol. The molecular weight excluding hydrogens is 370 g/mol. The van der Waals surface area contributed by atoms with Crippen molar-refractivity contribution in [3.63, 3.8) is 0 Å². The standard InChI is InChI=1S/C20H22F2N2O2S/c1-3-12-24(13-18(25)23-17-7-5-4-6-14(17)2)19(26)15-8-10-16(11-9-15)27-20(21)22/h4-11,20H,3,12-13H2,1-2H3,(H,23,25). The molecule has 2 amide bonds. The van der Waals surface area contributed by atoms with E-state index >= 15 is 0 Å². The Morgan fingerprint density at radius 2 is 1.78 bits per heavy atom. The Bertz CT molecular complexity index is 782. The zero-order valence-corrected chi connectivity index (χ0v) is 16.1. The fourth-order valence-corrected chi connectivity index (χ4v) is 3.06. The number of carbonyl (C=O) groups excluding carboxylic acids is 2. The first-order valence-electron chi connectivity index (χ1n) is 8.60. The van der Waals surface area contributed by atoms with Gasteiger partial charge in [0.15, 0.2) is 0 Å². The van der Waals surface area contributed by atoms with Gasteiger partial charge in [-0.2, -0.15) is 8.78 Å². The Balaban J connectivity index is 2.05.